The summed E-state index contributed by atoms with van der Waals surface area (Å²) < 4.78 is 25.6. The molecule has 0 radical (unpaired) electrons. The highest BCUT2D eigenvalue weighted by Crippen LogP contribution is 2.24. The summed E-state index contributed by atoms with van der Waals surface area (Å²) in [6.07, 6.45) is 1.89. The van der Waals surface area contributed by atoms with E-state index in [0.29, 0.717) is 5.69 Å². The lowest BCUT2D eigenvalue weighted by Crippen LogP contribution is -2.27. The topological polar surface area (TPSA) is 29.1 Å². The first-order chi connectivity index (χ1) is 8.16. The van der Waals surface area contributed by atoms with Gasteiger partial charge in [-0.2, -0.15) is 11.8 Å². The van der Waals surface area contributed by atoms with Crippen molar-refractivity contribution in [1.29, 1.82) is 0 Å². The molecular formula is C12H13F2NOS. The smallest absolute Gasteiger partial charge is 0.228 e. The molecule has 92 valence electrons. The number of thioether (sulfide) groups is 1. The van der Waals surface area contributed by atoms with Crippen LogP contribution in [0.4, 0.5) is 14.5 Å². The molecule has 0 bridgehead atoms. The molecule has 1 aliphatic heterocycles. The average molecular weight is 257 g/mol. The van der Waals surface area contributed by atoms with Gasteiger partial charge in [-0.1, -0.05) is 0 Å². The summed E-state index contributed by atoms with van der Waals surface area (Å²) in [5.41, 5.74) is 0.310. The Bertz CT molecular complexity index is 419. The van der Waals surface area contributed by atoms with Gasteiger partial charge in [0.05, 0.1) is 0 Å². The lowest BCUT2D eigenvalue weighted by atomic mass is 10.0. The quantitative estimate of drug-likeness (QED) is 0.882. The second kappa shape index (κ2) is 5.49. The van der Waals surface area contributed by atoms with Gasteiger partial charge >= 0.3 is 0 Å². The summed E-state index contributed by atoms with van der Waals surface area (Å²) in [5.74, 6) is -0.0908. The average Bonchev–Trinajstić information content (AvgIpc) is 2.35. The summed E-state index contributed by atoms with van der Waals surface area (Å²) in [4.78, 5) is 11.8. The van der Waals surface area contributed by atoms with Crippen molar-refractivity contribution in [3.05, 3.63) is 29.8 Å². The van der Waals surface area contributed by atoms with Crippen molar-refractivity contribution >= 4 is 23.4 Å². The Morgan fingerprint density at radius 3 is 2.82 bits per heavy atom. The normalized spacial score (nSPS) is 20.0. The number of hydrogen-bond acceptors (Lipinski definition) is 2. The third-order valence-corrected chi connectivity index (χ3v) is 3.93. The van der Waals surface area contributed by atoms with E-state index < -0.39 is 11.6 Å². The molecule has 17 heavy (non-hydrogen) atoms. The largest absolute Gasteiger partial charge is 0.326 e. The van der Waals surface area contributed by atoms with Crippen LogP contribution in [0.25, 0.3) is 0 Å². The molecule has 1 amide bonds. The van der Waals surface area contributed by atoms with E-state index in [9.17, 15) is 13.6 Å². The SMILES string of the molecule is O=C(Nc1ccc(F)c(F)c1)C1CCCSC1. The van der Waals surface area contributed by atoms with Crippen molar-refractivity contribution in [1.82, 2.24) is 0 Å². The summed E-state index contributed by atoms with van der Waals surface area (Å²) in [5, 5.41) is 2.62. The number of carbonyl (C=O) groups is 1. The van der Waals surface area contributed by atoms with E-state index >= 15 is 0 Å². The number of halogens is 2. The van der Waals surface area contributed by atoms with E-state index in [2.05, 4.69) is 5.32 Å². The fourth-order valence-corrected chi connectivity index (χ4v) is 2.91. The zero-order valence-corrected chi connectivity index (χ0v) is 10.0. The van der Waals surface area contributed by atoms with Crippen LogP contribution in [0.5, 0.6) is 0 Å². The van der Waals surface area contributed by atoms with Crippen LogP contribution in [0, 0.1) is 17.6 Å². The molecule has 1 heterocycles. The summed E-state index contributed by atoms with van der Waals surface area (Å²) in [6, 6.07) is 3.38. The van der Waals surface area contributed by atoms with Crippen LogP contribution in [0.2, 0.25) is 0 Å². The van der Waals surface area contributed by atoms with Crippen molar-refractivity contribution in [3.63, 3.8) is 0 Å². The Kier molecular flexibility index (Phi) is 3.99. The number of amides is 1. The Morgan fingerprint density at radius 1 is 1.35 bits per heavy atom. The van der Waals surface area contributed by atoms with Crippen molar-refractivity contribution < 1.29 is 13.6 Å². The third kappa shape index (κ3) is 3.19. The van der Waals surface area contributed by atoms with Crippen molar-refractivity contribution in [2.24, 2.45) is 5.92 Å². The highest BCUT2D eigenvalue weighted by atomic mass is 32.2. The van der Waals surface area contributed by atoms with Gasteiger partial charge in [0, 0.05) is 23.4 Å². The van der Waals surface area contributed by atoms with Crippen LogP contribution < -0.4 is 5.32 Å². The van der Waals surface area contributed by atoms with Crippen LogP contribution in [0.3, 0.4) is 0 Å². The maximum Gasteiger partial charge on any atom is 0.228 e. The highest BCUT2D eigenvalue weighted by molar-refractivity contribution is 7.99. The minimum atomic E-state index is -0.944. The first kappa shape index (κ1) is 12.4. The number of rotatable bonds is 2. The Labute approximate surface area is 103 Å². The van der Waals surface area contributed by atoms with Gasteiger partial charge in [-0.15, -0.1) is 0 Å². The molecule has 5 heteroatoms. The van der Waals surface area contributed by atoms with E-state index in [0.717, 1.165) is 36.5 Å². The predicted octanol–water partition coefficient (Wildman–Crippen LogP) is 3.05. The molecule has 0 aliphatic carbocycles. The van der Waals surface area contributed by atoms with Gasteiger partial charge in [-0.3, -0.25) is 4.79 Å². The number of carbonyl (C=O) groups excluding carboxylic acids is 1. The van der Waals surface area contributed by atoms with Crippen LogP contribution in [-0.4, -0.2) is 17.4 Å². The standard InChI is InChI=1S/C12H13F2NOS/c13-10-4-3-9(6-11(10)14)15-12(16)8-2-1-5-17-7-8/h3-4,6,8H,1-2,5,7H2,(H,15,16). The Morgan fingerprint density at radius 2 is 2.18 bits per heavy atom. The van der Waals surface area contributed by atoms with Gasteiger partial charge in [0.15, 0.2) is 11.6 Å². The number of nitrogens with one attached hydrogen (secondary N) is 1. The predicted molar refractivity (Wildman–Crippen MR) is 65.0 cm³/mol. The molecule has 1 aliphatic rings. The molecule has 2 rings (SSSR count). The molecule has 1 saturated heterocycles. The van der Waals surface area contributed by atoms with E-state index in [1.165, 1.54) is 6.07 Å². The van der Waals surface area contributed by atoms with Crippen LogP contribution in [0.1, 0.15) is 12.8 Å². The lowest BCUT2D eigenvalue weighted by Gasteiger charge is -2.20. The number of benzene rings is 1. The fourth-order valence-electron chi connectivity index (χ4n) is 1.77. The molecule has 1 unspecified atom stereocenters. The van der Waals surface area contributed by atoms with Crippen molar-refractivity contribution in [3.8, 4) is 0 Å². The fraction of sp³-hybridized carbons (Fsp3) is 0.417. The maximum absolute atomic E-state index is 12.9. The van der Waals surface area contributed by atoms with Gasteiger partial charge in [0.25, 0.3) is 0 Å². The van der Waals surface area contributed by atoms with Crippen molar-refractivity contribution in [2.45, 2.75) is 12.8 Å². The second-order valence-corrected chi connectivity index (χ2v) is 5.18. The molecule has 1 N–H and O–H groups in total. The van der Waals surface area contributed by atoms with Crippen LogP contribution in [0.15, 0.2) is 18.2 Å². The van der Waals surface area contributed by atoms with Crippen LogP contribution >= 0.6 is 11.8 Å². The van der Waals surface area contributed by atoms with Gasteiger partial charge in [0.1, 0.15) is 0 Å². The van der Waals surface area contributed by atoms with E-state index in [-0.39, 0.29) is 11.8 Å². The van der Waals surface area contributed by atoms with E-state index in [4.69, 9.17) is 0 Å². The second-order valence-electron chi connectivity index (χ2n) is 4.03. The Hall–Kier alpha value is -1.10. The van der Waals surface area contributed by atoms with E-state index in [1.54, 1.807) is 11.8 Å². The molecule has 0 aromatic heterocycles. The monoisotopic (exact) mass is 257 g/mol. The minimum absolute atomic E-state index is 0.0261. The molecule has 0 spiro atoms. The zero-order chi connectivity index (χ0) is 12.3. The molecular weight excluding hydrogens is 244 g/mol. The molecule has 1 aromatic rings. The van der Waals surface area contributed by atoms with Gasteiger partial charge in [-0.05, 0) is 30.7 Å². The van der Waals surface area contributed by atoms with Gasteiger partial charge < -0.3 is 5.32 Å². The van der Waals surface area contributed by atoms with Crippen LogP contribution in [-0.2, 0) is 4.79 Å². The highest BCUT2D eigenvalue weighted by Gasteiger charge is 2.21. The maximum atomic E-state index is 12.9. The molecule has 0 saturated carbocycles. The van der Waals surface area contributed by atoms with Gasteiger partial charge in [-0.25, -0.2) is 8.78 Å². The molecule has 1 fully saturated rings. The number of hydrogen-bond donors (Lipinski definition) is 1. The molecule has 1 atom stereocenters. The van der Waals surface area contributed by atoms with Gasteiger partial charge in [0.2, 0.25) is 5.91 Å². The molecule has 1 aromatic carbocycles. The Balaban J connectivity index is 1.99. The first-order valence-corrected chi connectivity index (χ1v) is 6.66. The molecule has 2 nitrogen and oxygen atoms in total. The van der Waals surface area contributed by atoms with E-state index in [1.807, 2.05) is 0 Å². The summed E-state index contributed by atoms with van der Waals surface area (Å²) in [7, 11) is 0. The summed E-state index contributed by atoms with van der Waals surface area (Å²) in [6.45, 7) is 0. The van der Waals surface area contributed by atoms with Crippen molar-refractivity contribution in [2.75, 3.05) is 16.8 Å². The minimum Gasteiger partial charge on any atom is -0.326 e. The number of anilines is 1. The first-order valence-electron chi connectivity index (χ1n) is 5.50. The zero-order valence-electron chi connectivity index (χ0n) is 9.21. The summed E-state index contributed by atoms with van der Waals surface area (Å²) >= 11 is 1.75. The lowest BCUT2D eigenvalue weighted by molar-refractivity contribution is -0.119. The third-order valence-electron chi connectivity index (χ3n) is 2.72.